The third-order valence-electron chi connectivity index (χ3n) is 1.67. The van der Waals surface area contributed by atoms with Crippen LogP contribution >= 0.6 is 23.2 Å². The Kier molecular flexibility index (Phi) is 4.29. The maximum Gasteiger partial charge on any atom is 0.287 e. The van der Waals surface area contributed by atoms with Crippen molar-refractivity contribution in [2.45, 2.75) is 6.92 Å². The highest BCUT2D eigenvalue weighted by Crippen LogP contribution is 2.12. The van der Waals surface area contributed by atoms with Crippen LogP contribution in [0.2, 0.25) is 5.22 Å². The van der Waals surface area contributed by atoms with Gasteiger partial charge in [-0.3, -0.25) is 4.79 Å². The van der Waals surface area contributed by atoms with Crippen LogP contribution < -0.4 is 5.32 Å². The van der Waals surface area contributed by atoms with Crippen LogP contribution in [0, 0.1) is 5.92 Å². The largest absolute Gasteiger partial charge is 0.440 e. The topological polar surface area (TPSA) is 42.2 Å². The lowest BCUT2D eigenvalue weighted by Gasteiger charge is -2.07. The Labute approximate surface area is 92.4 Å². The molecule has 0 fully saturated rings. The number of hydrogen-bond donors (Lipinski definition) is 1. The highest BCUT2D eigenvalue weighted by Gasteiger charge is 2.10. The fourth-order valence-electron chi connectivity index (χ4n) is 0.845. The van der Waals surface area contributed by atoms with Crippen molar-refractivity contribution in [1.82, 2.24) is 5.32 Å². The van der Waals surface area contributed by atoms with E-state index in [9.17, 15) is 4.79 Å². The molecule has 1 unspecified atom stereocenters. The molecule has 0 bridgehead atoms. The predicted octanol–water partition coefficient (Wildman–Crippen LogP) is 2.54. The molecule has 1 aromatic heterocycles. The summed E-state index contributed by atoms with van der Waals surface area (Å²) in [6.07, 6.45) is 0. The minimum Gasteiger partial charge on any atom is -0.440 e. The van der Waals surface area contributed by atoms with Crippen LogP contribution in [0.4, 0.5) is 0 Å². The number of nitrogens with one attached hydrogen (secondary N) is 1. The van der Waals surface area contributed by atoms with Crippen molar-refractivity contribution in [3.8, 4) is 0 Å². The Balaban J connectivity index is 2.43. The van der Waals surface area contributed by atoms with E-state index in [0.717, 1.165) is 0 Å². The van der Waals surface area contributed by atoms with E-state index >= 15 is 0 Å². The SMILES string of the molecule is CC(CCl)CNC(=O)c1ccc(Cl)o1. The lowest BCUT2D eigenvalue weighted by atomic mass is 10.2. The number of hydrogen-bond acceptors (Lipinski definition) is 2. The van der Waals surface area contributed by atoms with E-state index in [1.807, 2.05) is 6.92 Å². The Hall–Kier alpha value is -0.670. The van der Waals surface area contributed by atoms with E-state index in [1.165, 1.54) is 12.1 Å². The quantitative estimate of drug-likeness (QED) is 0.816. The van der Waals surface area contributed by atoms with Crippen LogP contribution in [-0.2, 0) is 0 Å². The standard InChI is InChI=1S/C9H11Cl2NO2/c1-6(4-10)5-12-9(13)7-2-3-8(11)14-7/h2-3,6H,4-5H2,1H3,(H,12,13). The van der Waals surface area contributed by atoms with Gasteiger partial charge in [-0.15, -0.1) is 11.6 Å². The number of rotatable bonds is 4. The molecule has 0 aliphatic carbocycles. The van der Waals surface area contributed by atoms with Gasteiger partial charge < -0.3 is 9.73 Å². The van der Waals surface area contributed by atoms with Crippen molar-refractivity contribution < 1.29 is 9.21 Å². The van der Waals surface area contributed by atoms with Crippen LogP contribution in [0.25, 0.3) is 0 Å². The van der Waals surface area contributed by atoms with Crippen molar-refractivity contribution in [2.24, 2.45) is 5.92 Å². The lowest BCUT2D eigenvalue weighted by molar-refractivity contribution is 0.0921. The fraction of sp³-hybridized carbons (Fsp3) is 0.444. The number of amides is 1. The molecular formula is C9H11Cl2NO2. The maximum atomic E-state index is 11.4. The smallest absolute Gasteiger partial charge is 0.287 e. The van der Waals surface area contributed by atoms with Crippen molar-refractivity contribution in [3.63, 3.8) is 0 Å². The van der Waals surface area contributed by atoms with Gasteiger partial charge in [0.05, 0.1) is 0 Å². The first-order chi connectivity index (χ1) is 6.63. The van der Waals surface area contributed by atoms with Gasteiger partial charge in [0.2, 0.25) is 0 Å². The van der Waals surface area contributed by atoms with Crippen molar-refractivity contribution in [2.75, 3.05) is 12.4 Å². The van der Waals surface area contributed by atoms with Crippen molar-refractivity contribution in [1.29, 1.82) is 0 Å². The number of alkyl halides is 1. The van der Waals surface area contributed by atoms with Gasteiger partial charge in [0.1, 0.15) is 0 Å². The van der Waals surface area contributed by atoms with E-state index in [1.54, 1.807) is 0 Å². The Morgan fingerprint density at radius 3 is 2.86 bits per heavy atom. The first-order valence-corrected chi connectivity index (χ1v) is 5.14. The second-order valence-corrected chi connectivity index (χ2v) is 3.75. The third-order valence-corrected chi connectivity index (χ3v) is 2.40. The van der Waals surface area contributed by atoms with Gasteiger partial charge in [0.25, 0.3) is 5.91 Å². The molecule has 0 aliphatic rings. The van der Waals surface area contributed by atoms with Gasteiger partial charge in [-0.05, 0) is 29.7 Å². The summed E-state index contributed by atoms with van der Waals surface area (Å²) in [5, 5.41) is 2.90. The molecule has 3 nitrogen and oxygen atoms in total. The molecule has 1 N–H and O–H groups in total. The molecule has 0 spiro atoms. The summed E-state index contributed by atoms with van der Waals surface area (Å²) in [7, 11) is 0. The molecule has 0 radical (unpaired) electrons. The molecule has 1 heterocycles. The Morgan fingerprint density at radius 1 is 1.64 bits per heavy atom. The summed E-state index contributed by atoms with van der Waals surface area (Å²) in [6, 6.07) is 3.06. The molecule has 14 heavy (non-hydrogen) atoms. The Bertz CT molecular complexity index is 312. The molecule has 1 amide bonds. The van der Waals surface area contributed by atoms with Crippen molar-refractivity contribution in [3.05, 3.63) is 23.1 Å². The maximum absolute atomic E-state index is 11.4. The fourth-order valence-corrected chi connectivity index (χ4v) is 1.10. The molecule has 0 aliphatic heterocycles. The van der Waals surface area contributed by atoms with Gasteiger partial charge in [0.15, 0.2) is 11.0 Å². The molecule has 78 valence electrons. The van der Waals surface area contributed by atoms with E-state index in [2.05, 4.69) is 5.32 Å². The van der Waals surface area contributed by atoms with Crippen LogP contribution in [0.5, 0.6) is 0 Å². The van der Waals surface area contributed by atoms with Gasteiger partial charge in [0, 0.05) is 12.4 Å². The summed E-state index contributed by atoms with van der Waals surface area (Å²) < 4.78 is 4.93. The highest BCUT2D eigenvalue weighted by molar-refractivity contribution is 6.29. The summed E-state index contributed by atoms with van der Waals surface area (Å²) in [4.78, 5) is 11.4. The van der Waals surface area contributed by atoms with Crippen LogP contribution in [-0.4, -0.2) is 18.3 Å². The van der Waals surface area contributed by atoms with E-state index < -0.39 is 0 Å². The summed E-state index contributed by atoms with van der Waals surface area (Å²) in [6.45, 7) is 2.48. The lowest BCUT2D eigenvalue weighted by Crippen LogP contribution is -2.28. The van der Waals surface area contributed by atoms with E-state index in [-0.39, 0.29) is 22.8 Å². The normalized spacial score (nSPS) is 12.5. The highest BCUT2D eigenvalue weighted by atomic mass is 35.5. The second-order valence-electron chi connectivity index (χ2n) is 3.07. The third kappa shape index (κ3) is 3.24. The monoisotopic (exact) mass is 235 g/mol. The van der Waals surface area contributed by atoms with Crippen molar-refractivity contribution >= 4 is 29.1 Å². The molecular weight excluding hydrogens is 225 g/mol. The first kappa shape index (κ1) is 11.4. The van der Waals surface area contributed by atoms with Crippen LogP contribution in [0.15, 0.2) is 16.5 Å². The summed E-state index contributed by atoms with van der Waals surface area (Å²) in [5.74, 6) is 0.704. The number of halogens is 2. The molecule has 0 saturated heterocycles. The summed E-state index contributed by atoms with van der Waals surface area (Å²) >= 11 is 11.1. The Morgan fingerprint density at radius 2 is 2.36 bits per heavy atom. The zero-order chi connectivity index (χ0) is 10.6. The van der Waals surface area contributed by atoms with Gasteiger partial charge >= 0.3 is 0 Å². The first-order valence-electron chi connectivity index (χ1n) is 4.23. The molecule has 1 aromatic rings. The minimum absolute atomic E-state index is 0.209. The predicted molar refractivity (Wildman–Crippen MR) is 55.9 cm³/mol. The summed E-state index contributed by atoms with van der Waals surface area (Å²) in [5.41, 5.74) is 0. The van der Waals surface area contributed by atoms with E-state index in [4.69, 9.17) is 27.6 Å². The van der Waals surface area contributed by atoms with Gasteiger partial charge in [-0.25, -0.2) is 0 Å². The molecule has 5 heteroatoms. The van der Waals surface area contributed by atoms with Gasteiger partial charge in [-0.1, -0.05) is 6.92 Å². The molecule has 0 saturated carbocycles. The minimum atomic E-state index is -0.270. The molecule has 1 atom stereocenters. The number of carbonyl (C=O) groups is 1. The zero-order valence-electron chi connectivity index (χ0n) is 7.72. The number of carbonyl (C=O) groups excluding carboxylic acids is 1. The van der Waals surface area contributed by atoms with E-state index in [0.29, 0.717) is 12.4 Å². The van der Waals surface area contributed by atoms with Crippen LogP contribution in [0.3, 0.4) is 0 Å². The molecule has 0 aromatic carbocycles. The average molecular weight is 236 g/mol. The second kappa shape index (κ2) is 5.27. The van der Waals surface area contributed by atoms with Gasteiger partial charge in [-0.2, -0.15) is 0 Å². The molecule has 1 rings (SSSR count). The zero-order valence-corrected chi connectivity index (χ0v) is 9.23. The average Bonchev–Trinajstić information content (AvgIpc) is 2.60. The number of furan rings is 1. The van der Waals surface area contributed by atoms with Crippen LogP contribution in [0.1, 0.15) is 17.5 Å².